The van der Waals surface area contributed by atoms with E-state index in [1.54, 1.807) is 0 Å². The summed E-state index contributed by atoms with van der Waals surface area (Å²) in [4.78, 5) is 0. The zero-order valence-electron chi connectivity index (χ0n) is 9.73. The molecule has 4 nitrogen and oxygen atoms in total. The van der Waals surface area contributed by atoms with Crippen molar-refractivity contribution >= 4 is 11.6 Å². The van der Waals surface area contributed by atoms with E-state index in [-0.39, 0.29) is 6.61 Å². The van der Waals surface area contributed by atoms with Gasteiger partial charge in [0.15, 0.2) is 0 Å². The van der Waals surface area contributed by atoms with Crippen LogP contribution < -0.4 is 11.1 Å². The molecule has 1 aromatic rings. The van der Waals surface area contributed by atoms with Gasteiger partial charge in [0.25, 0.3) is 0 Å². The number of benzene rings is 1. The predicted octanol–water partition coefficient (Wildman–Crippen LogP) is 0.766. The minimum atomic E-state index is -0.524. The van der Waals surface area contributed by atoms with E-state index in [1.165, 1.54) is 0 Å². The number of nitrogens with two attached hydrogens (primary N) is 1. The standard InChI is InChI=1S/C12H19ClN2O2/c13-12-4-2-1-3-10(12)8-17-9-11(16)7-15-6-5-14/h1-4,11,15-16H,5-9,14H2. The average Bonchev–Trinajstić information content (AvgIpc) is 2.32. The number of hydrogen-bond donors (Lipinski definition) is 3. The molecular weight excluding hydrogens is 240 g/mol. The molecule has 0 aliphatic heterocycles. The van der Waals surface area contributed by atoms with E-state index in [9.17, 15) is 5.11 Å². The summed E-state index contributed by atoms with van der Waals surface area (Å²) in [6.07, 6.45) is -0.524. The lowest BCUT2D eigenvalue weighted by Gasteiger charge is -2.12. The first-order valence-corrected chi connectivity index (χ1v) is 6.02. The Balaban J connectivity index is 2.17. The van der Waals surface area contributed by atoms with Crippen molar-refractivity contribution in [2.45, 2.75) is 12.7 Å². The Morgan fingerprint density at radius 3 is 2.88 bits per heavy atom. The maximum Gasteiger partial charge on any atom is 0.0897 e. The van der Waals surface area contributed by atoms with E-state index in [2.05, 4.69) is 5.32 Å². The van der Waals surface area contributed by atoms with E-state index in [1.807, 2.05) is 24.3 Å². The molecule has 0 heterocycles. The van der Waals surface area contributed by atoms with Gasteiger partial charge >= 0.3 is 0 Å². The van der Waals surface area contributed by atoms with Crippen LogP contribution in [0.4, 0.5) is 0 Å². The summed E-state index contributed by atoms with van der Waals surface area (Å²) in [5, 5.41) is 13.3. The van der Waals surface area contributed by atoms with Gasteiger partial charge in [-0.25, -0.2) is 0 Å². The summed E-state index contributed by atoms with van der Waals surface area (Å²) in [6, 6.07) is 7.50. The molecule has 5 heteroatoms. The van der Waals surface area contributed by atoms with Gasteiger partial charge in [0.2, 0.25) is 0 Å². The maximum atomic E-state index is 9.56. The van der Waals surface area contributed by atoms with Gasteiger partial charge < -0.3 is 20.9 Å². The molecule has 17 heavy (non-hydrogen) atoms. The van der Waals surface area contributed by atoms with Gasteiger partial charge in [-0.15, -0.1) is 0 Å². The van der Waals surface area contributed by atoms with Crippen molar-refractivity contribution in [2.75, 3.05) is 26.2 Å². The van der Waals surface area contributed by atoms with Crippen molar-refractivity contribution in [3.05, 3.63) is 34.9 Å². The summed E-state index contributed by atoms with van der Waals surface area (Å²) < 4.78 is 5.39. The second kappa shape index (κ2) is 8.44. The first kappa shape index (κ1) is 14.4. The molecule has 0 radical (unpaired) electrons. The molecule has 0 saturated heterocycles. The molecule has 96 valence electrons. The first-order valence-electron chi connectivity index (χ1n) is 5.64. The third-order valence-electron chi connectivity index (χ3n) is 2.23. The lowest BCUT2D eigenvalue weighted by Crippen LogP contribution is -2.33. The highest BCUT2D eigenvalue weighted by molar-refractivity contribution is 6.31. The van der Waals surface area contributed by atoms with Crippen LogP contribution in [0, 0.1) is 0 Å². The molecule has 0 saturated carbocycles. The van der Waals surface area contributed by atoms with Crippen LogP contribution in [-0.2, 0) is 11.3 Å². The van der Waals surface area contributed by atoms with Gasteiger partial charge in [-0.1, -0.05) is 29.8 Å². The number of halogens is 1. The fourth-order valence-corrected chi connectivity index (χ4v) is 1.54. The fourth-order valence-electron chi connectivity index (χ4n) is 1.35. The number of ether oxygens (including phenoxy) is 1. The van der Waals surface area contributed by atoms with Crippen molar-refractivity contribution in [3.63, 3.8) is 0 Å². The van der Waals surface area contributed by atoms with Gasteiger partial charge in [0, 0.05) is 24.7 Å². The lowest BCUT2D eigenvalue weighted by molar-refractivity contribution is 0.0291. The molecule has 4 N–H and O–H groups in total. The number of nitrogens with one attached hydrogen (secondary N) is 1. The Morgan fingerprint density at radius 1 is 1.41 bits per heavy atom. The van der Waals surface area contributed by atoms with Gasteiger partial charge in [-0.3, -0.25) is 0 Å². The van der Waals surface area contributed by atoms with Crippen molar-refractivity contribution in [2.24, 2.45) is 5.73 Å². The molecule has 1 atom stereocenters. The minimum absolute atomic E-state index is 0.281. The number of hydrogen-bond acceptors (Lipinski definition) is 4. The number of rotatable bonds is 8. The molecule has 1 aromatic carbocycles. The van der Waals surface area contributed by atoms with Gasteiger partial charge in [0.1, 0.15) is 0 Å². The second-order valence-electron chi connectivity index (χ2n) is 3.75. The lowest BCUT2D eigenvalue weighted by atomic mass is 10.2. The zero-order chi connectivity index (χ0) is 12.5. The highest BCUT2D eigenvalue weighted by Gasteiger charge is 2.04. The van der Waals surface area contributed by atoms with Crippen molar-refractivity contribution in [1.29, 1.82) is 0 Å². The Bertz CT molecular complexity index is 323. The van der Waals surface area contributed by atoms with Crippen LogP contribution in [0.5, 0.6) is 0 Å². The highest BCUT2D eigenvalue weighted by atomic mass is 35.5. The van der Waals surface area contributed by atoms with Crippen molar-refractivity contribution in [3.8, 4) is 0 Å². The molecule has 1 rings (SSSR count). The third kappa shape index (κ3) is 6.00. The molecule has 0 amide bonds. The molecule has 1 unspecified atom stereocenters. The van der Waals surface area contributed by atoms with Crippen LogP contribution in [0.2, 0.25) is 5.02 Å². The maximum absolute atomic E-state index is 9.56. The van der Waals surface area contributed by atoms with Crippen molar-refractivity contribution in [1.82, 2.24) is 5.32 Å². The largest absolute Gasteiger partial charge is 0.389 e. The predicted molar refractivity (Wildman–Crippen MR) is 69.0 cm³/mol. The van der Waals surface area contributed by atoms with E-state index in [0.717, 1.165) is 5.56 Å². The van der Waals surface area contributed by atoms with E-state index in [4.69, 9.17) is 22.1 Å². The average molecular weight is 259 g/mol. The normalized spacial score (nSPS) is 12.6. The van der Waals surface area contributed by atoms with Crippen LogP contribution in [0.3, 0.4) is 0 Å². The smallest absolute Gasteiger partial charge is 0.0897 e. The van der Waals surface area contributed by atoms with Gasteiger partial charge in [-0.2, -0.15) is 0 Å². The number of aliphatic hydroxyl groups excluding tert-OH is 1. The molecule has 0 fully saturated rings. The molecule has 0 aliphatic carbocycles. The van der Waals surface area contributed by atoms with E-state index in [0.29, 0.717) is 31.3 Å². The summed E-state index contributed by atoms with van der Waals surface area (Å²) in [6.45, 7) is 2.44. The molecule has 0 aliphatic rings. The minimum Gasteiger partial charge on any atom is -0.389 e. The van der Waals surface area contributed by atoms with Crippen LogP contribution >= 0.6 is 11.6 Å². The Labute approximate surface area is 107 Å². The van der Waals surface area contributed by atoms with Crippen molar-refractivity contribution < 1.29 is 9.84 Å². The van der Waals surface area contributed by atoms with Crippen LogP contribution in [0.15, 0.2) is 24.3 Å². The van der Waals surface area contributed by atoms with Crippen LogP contribution in [-0.4, -0.2) is 37.5 Å². The summed E-state index contributed by atoms with van der Waals surface area (Å²) in [7, 11) is 0. The number of aliphatic hydroxyl groups is 1. The van der Waals surface area contributed by atoms with E-state index >= 15 is 0 Å². The SMILES string of the molecule is NCCNCC(O)COCc1ccccc1Cl. The van der Waals surface area contributed by atoms with Crippen LogP contribution in [0.25, 0.3) is 0 Å². The second-order valence-corrected chi connectivity index (χ2v) is 4.16. The fraction of sp³-hybridized carbons (Fsp3) is 0.500. The summed E-state index contributed by atoms with van der Waals surface area (Å²) in [5.41, 5.74) is 6.24. The van der Waals surface area contributed by atoms with Gasteiger partial charge in [-0.05, 0) is 11.6 Å². The quantitative estimate of drug-likeness (QED) is 0.603. The van der Waals surface area contributed by atoms with Crippen LogP contribution in [0.1, 0.15) is 5.56 Å². The third-order valence-corrected chi connectivity index (χ3v) is 2.60. The topological polar surface area (TPSA) is 67.5 Å². The van der Waals surface area contributed by atoms with Gasteiger partial charge in [0.05, 0.1) is 19.3 Å². The summed E-state index contributed by atoms with van der Waals surface area (Å²) >= 11 is 5.97. The molecular formula is C12H19ClN2O2. The molecule has 0 aromatic heterocycles. The molecule has 0 bridgehead atoms. The zero-order valence-corrected chi connectivity index (χ0v) is 10.5. The summed E-state index contributed by atoms with van der Waals surface area (Å²) in [5.74, 6) is 0. The monoisotopic (exact) mass is 258 g/mol. The Morgan fingerprint density at radius 2 is 2.18 bits per heavy atom. The Hall–Kier alpha value is -0.650. The Kier molecular flexibility index (Phi) is 7.16. The first-order chi connectivity index (χ1) is 8.24. The highest BCUT2D eigenvalue weighted by Crippen LogP contribution is 2.15. The molecule has 0 spiro atoms. The van der Waals surface area contributed by atoms with E-state index < -0.39 is 6.10 Å².